The summed E-state index contributed by atoms with van der Waals surface area (Å²) in [5, 5.41) is 6.46. The lowest BCUT2D eigenvalue weighted by atomic mass is 10.3. The summed E-state index contributed by atoms with van der Waals surface area (Å²) in [7, 11) is 0.910. The van der Waals surface area contributed by atoms with Crippen LogP contribution in [-0.4, -0.2) is 34.3 Å². The molecule has 0 spiro atoms. The SMILES string of the molecule is CN=C(NCCS(=O)C(C)(C)C)NCc1ccc(C)s1. The van der Waals surface area contributed by atoms with Crippen LogP contribution in [0.5, 0.6) is 0 Å². The number of nitrogens with one attached hydrogen (secondary N) is 2. The van der Waals surface area contributed by atoms with E-state index in [2.05, 4.69) is 34.7 Å². The maximum absolute atomic E-state index is 11.9. The second-order valence-electron chi connectivity index (χ2n) is 5.53. The zero-order valence-corrected chi connectivity index (χ0v) is 14.6. The average molecular weight is 316 g/mol. The molecule has 0 fully saturated rings. The van der Waals surface area contributed by atoms with Gasteiger partial charge < -0.3 is 10.6 Å². The molecule has 0 saturated carbocycles. The molecule has 0 radical (unpaired) electrons. The van der Waals surface area contributed by atoms with Crippen molar-refractivity contribution in [1.82, 2.24) is 10.6 Å². The Morgan fingerprint density at radius 1 is 1.35 bits per heavy atom. The van der Waals surface area contributed by atoms with Crippen LogP contribution in [0.4, 0.5) is 0 Å². The van der Waals surface area contributed by atoms with Crippen molar-refractivity contribution in [2.45, 2.75) is 39.0 Å². The van der Waals surface area contributed by atoms with Crippen LogP contribution >= 0.6 is 11.3 Å². The van der Waals surface area contributed by atoms with Crippen molar-refractivity contribution in [3.05, 3.63) is 21.9 Å². The van der Waals surface area contributed by atoms with E-state index in [9.17, 15) is 4.21 Å². The number of hydrogen-bond acceptors (Lipinski definition) is 3. The number of nitrogens with zero attached hydrogens (tertiary/aromatic N) is 1. The molecule has 1 heterocycles. The summed E-state index contributed by atoms with van der Waals surface area (Å²) >= 11 is 1.78. The first-order chi connectivity index (χ1) is 9.32. The van der Waals surface area contributed by atoms with Gasteiger partial charge in [0.1, 0.15) is 0 Å². The Balaban J connectivity index is 2.32. The fourth-order valence-electron chi connectivity index (χ4n) is 1.54. The lowest BCUT2D eigenvalue weighted by molar-refractivity contribution is 0.647. The molecule has 1 unspecified atom stereocenters. The monoisotopic (exact) mass is 315 g/mol. The van der Waals surface area contributed by atoms with E-state index in [0.717, 1.165) is 12.5 Å². The van der Waals surface area contributed by atoms with E-state index < -0.39 is 10.8 Å². The summed E-state index contributed by atoms with van der Waals surface area (Å²) < 4.78 is 11.8. The molecule has 1 atom stereocenters. The maximum Gasteiger partial charge on any atom is 0.191 e. The van der Waals surface area contributed by atoms with Crippen LogP contribution in [0.1, 0.15) is 30.5 Å². The summed E-state index contributed by atoms with van der Waals surface area (Å²) in [6, 6.07) is 4.24. The molecule has 1 aromatic rings. The molecule has 0 aliphatic rings. The van der Waals surface area contributed by atoms with Crippen LogP contribution in [0.3, 0.4) is 0 Å². The minimum absolute atomic E-state index is 0.160. The predicted molar refractivity (Wildman–Crippen MR) is 90.0 cm³/mol. The first-order valence-electron chi connectivity index (χ1n) is 6.71. The standard InChI is InChI=1S/C14H25N3OS2/c1-11-6-7-12(19-11)10-17-13(15-5)16-8-9-20(18)14(2,3)4/h6-7H,8-10H2,1-5H3,(H2,15,16,17). The van der Waals surface area contributed by atoms with Gasteiger partial charge in [0, 0.05) is 44.6 Å². The number of hydrogen-bond donors (Lipinski definition) is 2. The highest BCUT2D eigenvalue weighted by atomic mass is 32.2. The van der Waals surface area contributed by atoms with Crippen molar-refractivity contribution in [1.29, 1.82) is 0 Å². The smallest absolute Gasteiger partial charge is 0.191 e. The Bertz CT molecular complexity index is 475. The lowest BCUT2D eigenvalue weighted by Crippen LogP contribution is -2.39. The number of guanidine groups is 1. The average Bonchev–Trinajstić information content (AvgIpc) is 2.78. The topological polar surface area (TPSA) is 53.5 Å². The number of thiophene rings is 1. The molecule has 0 aromatic carbocycles. The molecule has 2 N–H and O–H groups in total. The van der Waals surface area contributed by atoms with Crippen molar-refractivity contribution in [2.75, 3.05) is 19.3 Å². The molecule has 6 heteroatoms. The van der Waals surface area contributed by atoms with Gasteiger partial charge in [0.05, 0.1) is 6.54 Å². The Hall–Kier alpha value is -0.880. The minimum Gasteiger partial charge on any atom is -0.355 e. The molecular weight excluding hydrogens is 290 g/mol. The van der Waals surface area contributed by atoms with Gasteiger partial charge in [-0.05, 0) is 39.8 Å². The number of rotatable bonds is 5. The van der Waals surface area contributed by atoms with E-state index in [0.29, 0.717) is 12.3 Å². The van der Waals surface area contributed by atoms with Crippen LogP contribution in [0.2, 0.25) is 0 Å². The van der Waals surface area contributed by atoms with Gasteiger partial charge in [-0.3, -0.25) is 9.20 Å². The van der Waals surface area contributed by atoms with Crippen molar-refractivity contribution in [3.8, 4) is 0 Å². The van der Waals surface area contributed by atoms with E-state index in [1.165, 1.54) is 9.75 Å². The van der Waals surface area contributed by atoms with Gasteiger partial charge in [-0.2, -0.15) is 0 Å². The van der Waals surface area contributed by atoms with Crippen LogP contribution in [0, 0.1) is 6.92 Å². The van der Waals surface area contributed by atoms with E-state index in [1.807, 2.05) is 20.8 Å². The van der Waals surface area contributed by atoms with E-state index >= 15 is 0 Å². The van der Waals surface area contributed by atoms with Crippen LogP contribution in [0.25, 0.3) is 0 Å². The Morgan fingerprint density at radius 3 is 2.55 bits per heavy atom. The van der Waals surface area contributed by atoms with E-state index in [4.69, 9.17) is 0 Å². The summed E-state index contributed by atoms with van der Waals surface area (Å²) in [4.78, 5) is 6.76. The second-order valence-corrected chi connectivity index (χ2v) is 9.22. The van der Waals surface area contributed by atoms with Gasteiger partial charge in [-0.25, -0.2) is 0 Å². The summed E-state index contributed by atoms with van der Waals surface area (Å²) in [6.45, 7) is 9.51. The predicted octanol–water partition coefficient (Wildman–Crippen LogP) is 2.27. The summed E-state index contributed by atoms with van der Waals surface area (Å²) in [5.74, 6) is 1.38. The van der Waals surface area contributed by atoms with Gasteiger partial charge in [0.25, 0.3) is 0 Å². The van der Waals surface area contributed by atoms with Crippen LogP contribution in [-0.2, 0) is 17.3 Å². The highest BCUT2D eigenvalue weighted by Gasteiger charge is 2.18. The molecular formula is C14H25N3OS2. The van der Waals surface area contributed by atoms with Gasteiger partial charge in [0.2, 0.25) is 0 Å². The van der Waals surface area contributed by atoms with Crippen LogP contribution < -0.4 is 10.6 Å². The molecule has 114 valence electrons. The first kappa shape index (κ1) is 17.2. The third-order valence-electron chi connectivity index (χ3n) is 2.71. The third-order valence-corrected chi connectivity index (χ3v) is 5.65. The zero-order chi connectivity index (χ0) is 15.2. The molecule has 0 aliphatic carbocycles. The molecule has 0 saturated heterocycles. The molecule has 0 amide bonds. The Labute approximate surface area is 128 Å². The molecule has 0 aliphatic heterocycles. The van der Waals surface area contributed by atoms with Gasteiger partial charge >= 0.3 is 0 Å². The fraction of sp³-hybridized carbons (Fsp3) is 0.643. The summed E-state index contributed by atoms with van der Waals surface area (Å²) in [6.07, 6.45) is 0. The zero-order valence-electron chi connectivity index (χ0n) is 12.9. The van der Waals surface area contributed by atoms with Crippen molar-refractivity contribution in [2.24, 2.45) is 4.99 Å². The minimum atomic E-state index is -0.836. The van der Waals surface area contributed by atoms with Crippen molar-refractivity contribution >= 4 is 28.1 Å². The molecule has 1 rings (SSSR count). The maximum atomic E-state index is 11.9. The Kier molecular flexibility index (Phi) is 6.68. The van der Waals surface area contributed by atoms with Crippen LogP contribution in [0.15, 0.2) is 17.1 Å². The third kappa shape index (κ3) is 6.05. The number of aliphatic imine (C=N–C) groups is 1. The highest BCUT2D eigenvalue weighted by molar-refractivity contribution is 7.86. The lowest BCUT2D eigenvalue weighted by Gasteiger charge is -2.18. The second kappa shape index (κ2) is 7.78. The molecule has 0 bridgehead atoms. The fourth-order valence-corrected chi connectivity index (χ4v) is 3.27. The van der Waals surface area contributed by atoms with Gasteiger partial charge in [-0.15, -0.1) is 11.3 Å². The van der Waals surface area contributed by atoms with Crippen molar-refractivity contribution in [3.63, 3.8) is 0 Å². The molecule has 1 aromatic heterocycles. The largest absolute Gasteiger partial charge is 0.355 e. The Morgan fingerprint density at radius 2 is 2.05 bits per heavy atom. The molecule has 20 heavy (non-hydrogen) atoms. The summed E-state index contributed by atoms with van der Waals surface area (Å²) in [5.41, 5.74) is 0. The first-order valence-corrected chi connectivity index (χ1v) is 8.85. The quantitative estimate of drug-likeness (QED) is 0.647. The van der Waals surface area contributed by atoms with Gasteiger partial charge in [0.15, 0.2) is 5.96 Å². The van der Waals surface area contributed by atoms with Gasteiger partial charge in [-0.1, -0.05) is 0 Å². The van der Waals surface area contributed by atoms with E-state index in [-0.39, 0.29) is 4.75 Å². The number of aryl methyl sites for hydroxylation is 1. The van der Waals surface area contributed by atoms with Crippen molar-refractivity contribution < 1.29 is 4.21 Å². The van der Waals surface area contributed by atoms with E-state index in [1.54, 1.807) is 18.4 Å². The molecule has 4 nitrogen and oxygen atoms in total. The normalized spacial score (nSPS) is 14.2. The highest BCUT2D eigenvalue weighted by Crippen LogP contribution is 2.14.